The van der Waals surface area contributed by atoms with Crippen molar-refractivity contribution < 1.29 is 28.5 Å². The van der Waals surface area contributed by atoms with E-state index in [9.17, 15) is 10.1 Å². The van der Waals surface area contributed by atoms with E-state index in [0.717, 1.165) is 11.1 Å². The quantitative estimate of drug-likeness (QED) is 0.144. The number of esters is 1. The van der Waals surface area contributed by atoms with Crippen molar-refractivity contribution in [3.63, 3.8) is 0 Å². The first kappa shape index (κ1) is 30.9. The van der Waals surface area contributed by atoms with Crippen LogP contribution >= 0.6 is 34.8 Å². The van der Waals surface area contributed by atoms with Gasteiger partial charge in [0.25, 0.3) is 0 Å². The molecule has 0 saturated carbocycles. The molecule has 0 aliphatic carbocycles. The third-order valence-electron chi connectivity index (χ3n) is 6.83. The van der Waals surface area contributed by atoms with E-state index in [-0.39, 0.29) is 30.4 Å². The molecule has 1 heterocycles. The monoisotopic (exact) mass is 650 g/mol. The van der Waals surface area contributed by atoms with Crippen LogP contribution in [0.15, 0.2) is 84.3 Å². The van der Waals surface area contributed by atoms with Gasteiger partial charge < -0.3 is 29.4 Å². The van der Waals surface area contributed by atoms with E-state index in [0.29, 0.717) is 49.2 Å². The number of benzene rings is 4. The van der Waals surface area contributed by atoms with Gasteiger partial charge in [0.15, 0.2) is 18.1 Å². The van der Waals surface area contributed by atoms with Crippen LogP contribution in [0.4, 0.5) is 0 Å². The lowest BCUT2D eigenvalue weighted by Gasteiger charge is -2.27. The molecule has 1 aliphatic rings. The molecule has 0 radical (unpaired) electrons. The molecular formula is C33H25Cl3N2O6. The maximum Gasteiger partial charge on any atom is 0.349 e. The fraction of sp³-hybridized carbons (Fsp3) is 0.152. The van der Waals surface area contributed by atoms with E-state index in [1.165, 1.54) is 13.2 Å². The number of nitriles is 1. The first-order valence-electron chi connectivity index (χ1n) is 13.2. The fourth-order valence-electron chi connectivity index (χ4n) is 4.63. The zero-order valence-electron chi connectivity index (χ0n) is 23.5. The smallest absolute Gasteiger partial charge is 0.349 e. The molecule has 1 atom stereocenters. The number of carbonyl (C=O) groups is 1. The van der Waals surface area contributed by atoms with Crippen molar-refractivity contribution >= 4 is 40.8 Å². The zero-order valence-corrected chi connectivity index (χ0v) is 25.8. The van der Waals surface area contributed by atoms with Crippen LogP contribution in [0.5, 0.6) is 28.7 Å². The van der Waals surface area contributed by atoms with Gasteiger partial charge in [-0.1, -0.05) is 53.0 Å². The van der Waals surface area contributed by atoms with Crippen molar-refractivity contribution in [2.24, 2.45) is 5.73 Å². The van der Waals surface area contributed by atoms with Crippen molar-refractivity contribution in [1.29, 1.82) is 5.26 Å². The summed E-state index contributed by atoms with van der Waals surface area (Å²) in [7, 11) is 1.52. The summed E-state index contributed by atoms with van der Waals surface area (Å²) in [5.41, 5.74) is 9.33. The third kappa shape index (κ3) is 6.81. The predicted octanol–water partition coefficient (Wildman–Crippen LogP) is 7.75. The molecule has 0 bridgehead atoms. The van der Waals surface area contributed by atoms with Crippen LogP contribution in [0, 0.1) is 18.3 Å². The molecule has 4 aromatic rings. The van der Waals surface area contributed by atoms with Gasteiger partial charge in [0, 0.05) is 32.3 Å². The van der Waals surface area contributed by atoms with Gasteiger partial charge in [-0.05, 0) is 66.6 Å². The second-order valence-electron chi connectivity index (χ2n) is 9.73. The van der Waals surface area contributed by atoms with Crippen molar-refractivity contribution in [3.8, 4) is 34.8 Å². The van der Waals surface area contributed by atoms with Crippen LogP contribution in [-0.4, -0.2) is 19.7 Å². The number of hydrogen-bond donors (Lipinski definition) is 1. The molecule has 5 rings (SSSR count). The van der Waals surface area contributed by atoms with E-state index >= 15 is 0 Å². The number of halogens is 3. The van der Waals surface area contributed by atoms with E-state index < -0.39 is 11.9 Å². The number of ether oxygens (including phenoxy) is 5. The first-order chi connectivity index (χ1) is 21.2. The Kier molecular flexibility index (Phi) is 9.40. The first-order valence-corrected chi connectivity index (χ1v) is 14.4. The number of rotatable bonds is 9. The Bertz CT molecular complexity index is 1820. The number of allylic oxidation sites excluding steroid dienone is 1. The molecule has 0 spiro atoms. The van der Waals surface area contributed by atoms with Crippen LogP contribution in [0.1, 0.15) is 28.2 Å². The SMILES string of the molecule is COc1cc(C2C(C#N)=C(N)Oc3cc(OC(=O)COc4ccc(Cl)c(C)c4)ccc32)ccc1OCc1ccc(Cl)cc1Cl. The summed E-state index contributed by atoms with van der Waals surface area (Å²) in [5, 5.41) is 11.6. The predicted molar refractivity (Wildman–Crippen MR) is 167 cm³/mol. The molecule has 2 N–H and O–H groups in total. The summed E-state index contributed by atoms with van der Waals surface area (Å²) in [5.74, 6) is 0.697. The standard InChI is InChI=1S/C33H25Cl3N2O6/c1-18-11-22(7-9-26(18)35)41-17-31(39)43-23-6-8-24-29(14-23)44-33(38)25(15-37)32(24)19-4-10-28(30(12-19)40-2)42-16-20-3-5-21(34)13-27(20)36/h3-14,32H,16-17,38H2,1-2H3. The average molecular weight is 652 g/mol. The summed E-state index contributed by atoms with van der Waals surface area (Å²) >= 11 is 18.3. The van der Waals surface area contributed by atoms with Crippen LogP contribution in [0.25, 0.3) is 0 Å². The minimum absolute atomic E-state index is 0.0633. The van der Waals surface area contributed by atoms with Crippen molar-refractivity contribution in [2.45, 2.75) is 19.4 Å². The van der Waals surface area contributed by atoms with E-state index in [2.05, 4.69) is 6.07 Å². The zero-order chi connectivity index (χ0) is 31.4. The highest BCUT2D eigenvalue weighted by atomic mass is 35.5. The molecule has 44 heavy (non-hydrogen) atoms. The molecule has 11 heteroatoms. The molecule has 4 aromatic carbocycles. The van der Waals surface area contributed by atoms with Crippen LogP contribution in [0.3, 0.4) is 0 Å². The number of hydrogen-bond acceptors (Lipinski definition) is 8. The molecule has 224 valence electrons. The van der Waals surface area contributed by atoms with Gasteiger partial charge in [-0.25, -0.2) is 4.79 Å². The van der Waals surface area contributed by atoms with Gasteiger partial charge in [0.1, 0.15) is 35.5 Å². The van der Waals surface area contributed by atoms with E-state index in [4.69, 9.17) is 64.2 Å². The second-order valence-corrected chi connectivity index (χ2v) is 11.0. The van der Waals surface area contributed by atoms with Gasteiger partial charge in [0.05, 0.1) is 13.0 Å². The lowest BCUT2D eigenvalue weighted by atomic mass is 9.83. The molecule has 0 fully saturated rings. The summed E-state index contributed by atoms with van der Waals surface area (Å²) in [6.07, 6.45) is 0. The van der Waals surface area contributed by atoms with Gasteiger partial charge in [-0.2, -0.15) is 5.26 Å². The summed E-state index contributed by atoms with van der Waals surface area (Å²) in [4.78, 5) is 12.5. The Labute approximate surface area is 269 Å². The second kappa shape index (κ2) is 13.4. The van der Waals surface area contributed by atoms with Gasteiger partial charge >= 0.3 is 5.97 Å². The highest BCUT2D eigenvalue weighted by Crippen LogP contribution is 2.45. The molecule has 8 nitrogen and oxygen atoms in total. The Morgan fingerprint density at radius 1 is 0.932 bits per heavy atom. The maximum atomic E-state index is 12.5. The summed E-state index contributed by atoms with van der Waals surface area (Å²) in [6.45, 7) is 1.71. The molecule has 0 amide bonds. The van der Waals surface area contributed by atoms with Gasteiger partial charge in [-0.15, -0.1) is 0 Å². The number of methoxy groups -OCH3 is 1. The summed E-state index contributed by atoms with van der Waals surface area (Å²) in [6, 6.07) is 22.6. The Hall–Kier alpha value is -4.55. The third-order valence-corrected chi connectivity index (χ3v) is 7.84. The van der Waals surface area contributed by atoms with Crippen LogP contribution in [0.2, 0.25) is 15.1 Å². The molecule has 0 aromatic heterocycles. The number of carbonyl (C=O) groups excluding carboxylic acids is 1. The topological polar surface area (TPSA) is 113 Å². The van der Waals surface area contributed by atoms with E-state index in [1.807, 2.05) is 13.0 Å². The van der Waals surface area contributed by atoms with Crippen molar-refractivity contribution in [3.05, 3.63) is 122 Å². The van der Waals surface area contributed by atoms with Crippen molar-refractivity contribution in [2.75, 3.05) is 13.7 Å². The van der Waals surface area contributed by atoms with Crippen molar-refractivity contribution in [1.82, 2.24) is 0 Å². The Morgan fingerprint density at radius 2 is 1.73 bits per heavy atom. The lowest BCUT2D eigenvalue weighted by molar-refractivity contribution is -0.136. The van der Waals surface area contributed by atoms with E-state index in [1.54, 1.807) is 60.7 Å². The fourth-order valence-corrected chi connectivity index (χ4v) is 5.21. The highest BCUT2D eigenvalue weighted by Gasteiger charge is 2.32. The molecule has 1 aliphatic heterocycles. The summed E-state index contributed by atoms with van der Waals surface area (Å²) < 4.78 is 28.4. The largest absolute Gasteiger partial charge is 0.493 e. The molecular weight excluding hydrogens is 627 g/mol. The number of aryl methyl sites for hydroxylation is 1. The Balaban J connectivity index is 1.35. The van der Waals surface area contributed by atoms with Crippen LogP contribution < -0.4 is 29.4 Å². The van der Waals surface area contributed by atoms with Gasteiger partial charge in [0.2, 0.25) is 5.88 Å². The lowest BCUT2D eigenvalue weighted by Crippen LogP contribution is -2.22. The maximum absolute atomic E-state index is 12.5. The van der Waals surface area contributed by atoms with Gasteiger partial charge in [-0.3, -0.25) is 0 Å². The minimum atomic E-state index is -0.619. The number of nitrogens with two attached hydrogens (primary N) is 1. The minimum Gasteiger partial charge on any atom is -0.493 e. The Morgan fingerprint density at radius 3 is 2.45 bits per heavy atom. The number of nitrogens with zero attached hydrogens (tertiary/aromatic N) is 1. The molecule has 0 saturated heterocycles. The van der Waals surface area contributed by atoms with Crippen LogP contribution in [-0.2, 0) is 11.4 Å². The average Bonchev–Trinajstić information content (AvgIpc) is 3.00. The normalized spacial score (nSPS) is 13.8. The molecule has 1 unspecified atom stereocenters. The number of fused-ring (bicyclic) bond motifs is 1. The highest BCUT2D eigenvalue weighted by molar-refractivity contribution is 6.35.